The predicted octanol–water partition coefficient (Wildman–Crippen LogP) is 3.69. The van der Waals surface area contributed by atoms with Gasteiger partial charge in [-0.05, 0) is 74.8 Å². The number of aryl methyl sites for hydroxylation is 3. The second-order valence-corrected chi connectivity index (χ2v) is 8.56. The van der Waals surface area contributed by atoms with Crippen LogP contribution in [0.15, 0.2) is 36.5 Å². The standard InChI is InChI=1S/C24H31N5/c25-13-3-10-19(27-20-11-1-6-17-8-4-14-26-23(17)20)16-22-28-21-12-2-7-18-9-5-15-29(22)24(18)21/h2,4,7-8,12,14,19-20,27H,1,3,5-6,9-11,13,15-16,25H2. The van der Waals surface area contributed by atoms with Crippen LogP contribution in [0.3, 0.4) is 0 Å². The first-order chi connectivity index (χ1) is 14.3. The maximum Gasteiger partial charge on any atom is 0.111 e. The molecular weight excluding hydrogens is 358 g/mol. The molecule has 3 heterocycles. The number of aromatic nitrogens is 3. The van der Waals surface area contributed by atoms with Crippen molar-refractivity contribution in [2.45, 2.75) is 70.0 Å². The van der Waals surface area contributed by atoms with Gasteiger partial charge in [-0.25, -0.2) is 4.98 Å². The topological polar surface area (TPSA) is 68.8 Å². The summed E-state index contributed by atoms with van der Waals surface area (Å²) < 4.78 is 2.47. The Morgan fingerprint density at radius 1 is 1.14 bits per heavy atom. The Morgan fingerprint density at radius 2 is 2.03 bits per heavy atom. The fourth-order valence-corrected chi connectivity index (χ4v) is 5.22. The molecular formula is C24H31N5. The van der Waals surface area contributed by atoms with Crippen molar-refractivity contribution in [3.8, 4) is 0 Å². The second-order valence-electron chi connectivity index (χ2n) is 8.56. The molecule has 2 aromatic heterocycles. The highest BCUT2D eigenvalue weighted by molar-refractivity contribution is 5.80. The lowest BCUT2D eigenvalue weighted by molar-refractivity contribution is 0.360. The Kier molecular flexibility index (Phi) is 5.34. The Bertz CT molecular complexity index is 992. The third-order valence-electron chi connectivity index (χ3n) is 6.57. The van der Waals surface area contributed by atoms with E-state index < -0.39 is 0 Å². The van der Waals surface area contributed by atoms with Gasteiger partial charge in [0.2, 0.25) is 0 Å². The molecule has 3 aromatic rings. The molecule has 0 radical (unpaired) electrons. The molecule has 1 aliphatic heterocycles. The summed E-state index contributed by atoms with van der Waals surface area (Å²) in [6, 6.07) is 11.6. The van der Waals surface area contributed by atoms with Gasteiger partial charge in [-0.15, -0.1) is 0 Å². The van der Waals surface area contributed by atoms with Crippen LogP contribution in [0.2, 0.25) is 0 Å². The van der Waals surface area contributed by atoms with Gasteiger partial charge in [-0.1, -0.05) is 18.2 Å². The quantitative estimate of drug-likeness (QED) is 0.647. The summed E-state index contributed by atoms with van der Waals surface area (Å²) in [4.78, 5) is 9.77. The first-order valence-electron chi connectivity index (χ1n) is 11.2. The number of nitrogens with one attached hydrogen (secondary N) is 1. The van der Waals surface area contributed by atoms with Crippen LogP contribution in [0.1, 0.15) is 60.8 Å². The molecule has 0 fully saturated rings. The molecule has 5 heteroatoms. The molecule has 1 aliphatic carbocycles. The van der Waals surface area contributed by atoms with Gasteiger partial charge < -0.3 is 15.6 Å². The molecule has 0 amide bonds. The van der Waals surface area contributed by atoms with Gasteiger partial charge in [-0.2, -0.15) is 0 Å². The van der Waals surface area contributed by atoms with Crippen molar-refractivity contribution in [2.24, 2.45) is 5.73 Å². The van der Waals surface area contributed by atoms with Crippen LogP contribution in [0, 0.1) is 0 Å². The maximum atomic E-state index is 5.87. The third-order valence-corrected chi connectivity index (χ3v) is 6.57. The highest BCUT2D eigenvalue weighted by Gasteiger charge is 2.26. The van der Waals surface area contributed by atoms with Crippen LogP contribution in [-0.2, 0) is 25.8 Å². The molecule has 0 saturated heterocycles. The monoisotopic (exact) mass is 389 g/mol. The zero-order valence-corrected chi connectivity index (χ0v) is 17.1. The van der Waals surface area contributed by atoms with Gasteiger partial charge >= 0.3 is 0 Å². The van der Waals surface area contributed by atoms with Crippen LogP contribution in [0.25, 0.3) is 11.0 Å². The minimum atomic E-state index is 0.337. The number of benzene rings is 1. The second kappa shape index (κ2) is 8.25. The number of para-hydroxylation sites is 1. The average Bonchev–Trinajstić information content (AvgIpc) is 3.12. The molecule has 152 valence electrons. The summed E-state index contributed by atoms with van der Waals surface area (Å²) in [5.74, 6) is 1.22. The van der Waals surface area contributed by atoms with Gasteiger partial charge in [0.25, 0.3) is 0 Å². The number of rotatable bonds is 7. The van der Waals surface area contributed by atoms with Crippen molar-refractivity contribution >= 4 is 11.0 Å². The predicted molar refractivity (Wildman–Crippen MR) is 117 cm³/mol. The molecule has 29 heavy (non-hydrogen) atoms. The number of hydrogen-bond acceptors (Lipinski definition) is 4. The lowest BCUT2D eigenvalue weighted by Crippen LogP contribution is -2.37. The zero-order valence-electron chi connectivity index (χ0n) is 17.1. The van der Waals surface area contributed by atoms with E-state index in [-0.39, 0.29) is 0 Å². The van der Waals surface area contributed by atoms with Crippen molar-refractivity contribution in [2.75, 3.05) is 6.54 Å². The largest absolute Gasteiger partial charge is 0.330 e. The van der Waals surface area contributed by atoms with Crippen molar-refractivity contribution < 1.29 is 0 Å². The minimum absolute atomic E-state index is 0.337. The summed E-state index contributed by atoms with van der Waals surface area (Å²) in [6.07, 6.45) is 10.9. The Hall–Kier alpha value is -2.24. The Morgan fingerprint density at radius 3 is 2.97 bits per heavy atom. The van der Waals surface area contributed by atoms with E-state index in [0.717, 1.165) is 50.7 Å². The number of imidazole rings is 1. The lowest BCUT2D eigenvalue weighted by atomic mass is 9.90. The highest BCUT2D eigenvalue weighted by Crippen LogP contribution is 2.30. The van der Waals surface area contributed by atoms with Gasteiger partial charge in [0.1, 0.15) is 5.82 Å². The highest BCUT2D eigenvalue weighted by atomic mass is 15.1. The van der Waals surface area contributed by atoms with Crippen LogP contribution < -0.4 is 11.1 Å². The van der Waals surface area contributed by atoms with E-state index in [2.05, 4.69) is 40.2 Å². The van der Waals surface area contributed by atoms with Gasteiger partial charge in [-0.3, -0.25) is 4.98 Å². The number of hydrogen-bond donors (Lipinski definition) is 2. The fraction of sp³-hybridized carbons (Fsp3) is 0.500. The number of nitrogens with two attached hydrogens (primary N) is 1. The van der Waals surface area contributed by atoms with E-state index in [1.807, 2.05) is 6.20 Å². The van der Waals surface area contributed by atoms with Crippen LogP contribution in [0.5, 0.6) is 0 Å². The van der Waals surface area contributed by atoms with Gasteiger partial charge in [0.05, 0.1) is 16.7 Å². The number of pyridine rings is 1. The summed E-state index contributed by atoms with van der Waals surface area (Å²) in [7, 11) is 0. The Labute approximate surface area is 172 Å². The molecule has 2 aliphatic rings. The molecule has 0 bridgehead atoms. The van der Waals surface area contributed by atoms with Crippen LogP contribution in [0.4, 0.5) is 0 Å². The summed E-state index contributed by atoms with van der Waals surface area (Å²) in [5, 5.41) is 3.95. The van der Waals surface area contributed by atoms with Gasteiger partial charge in [0, 0.05) is 31.2 Å². The molecule has 0 saturated carbocycles. The van der Waals surface area contributed by atoms with E-state index in [9.17, 15) is 0 Å². The van der Waals surface area contributed by atoms with Crippen LogP contribution in [-0.4, -0.2) is 27.1 Å². The smallest absolute Gasteiger partial charge is 0.111 e. The van der Waals surface area contributed by atoms with Crippen LogP contribution >= 0.6 is 0 Å². The summed E-state index contributed by atoms with van der Waals surface area (Å²) in [6.45, 7) is 1.82. The van der Waals surface area contributed by atoms with E-state index in [4.69, 9.17) is 15.7 Å². The normalized spacial score (nSPS) is 19.3. The van der Waals surface area contributed by atoms with E-state index in [1.54, 1.807) is 0 Å². The van der Waals surface area contributed by atoms with E-state index in [1.165, 1.54) is 47.4 Å². The third kappa shape index (κ3) is 3.69. The van der Waals surface area contributed by atoms with Crippen molar-refractivity contribution in [3.63, 3.8) is 0 Å². The van der Waals surface area contributed by atoms with Gasteiger partial charge in [0.15, 0.2) is 0 Å². The first-order valence-corrected chi connectivity index (χ1v) is 11.2. The minimum Gasteiger partial charge on any atom is -0.330 e. The lowest BCUT2D eigenvalue weighted by Gasteiger charge is -2.30. The summed E-state index contributed by atoms with van der Waals surface area (Å²) in [5.41, 5.74) is 12.5. The molecule has 2 unspecified atom stereocenters. The Balaban J connectivity index is 1.42. The SMILES string of the molecule is NCCCC(Cc1nc2cccc3c2n1CCC3)NC1CCCc2cccnc21. The molecule has 5 nitrogen and oxygen atoms in total. The van der Waals surface area contributed by atoms with Crippen molar-refractivity contribution in [1.29, 1.82) is 0 Å². The zero-order chi connectivity index (χ0) is 19.6. The average molecular weight is 390 g/mol. The molecule has 3 N–H and O–H groups in total. The first kappa shape index (κ1) is 18.8. The molecule has 5 rings (SSSR count). The number of nitrogens with zero attached hydrogens (tertiary/aromatic N) is 3. The molecule has 2 atom stereocenters. The maximum absolute atomic E-state index is 5.87. The van der Waals surface area contributed by atoms with E-state index >= 15 is 0 Å². The number of fused-ring (bicyclic) bond motifs is 1. The van der Waals surface area contributed by atoms with E-state index in [0.29, 0.717) is 12.1 Å². The van der Waals surface area contributed by atoms with Crippen molar-refractivity contribution in [3.05, 3.63) is 59.2 Å². The molecule has 1 aromatic carbocycles. The van der Waals surface area contributed by atoms with Crippen molar-refractivity contribution in [1.82, 2.24) is 19.9 Å². The summed E-state index contributed by atoms with van der Waals surface area (Å²) >= 11 is 0. The molecule has 0 spiro atoms. The fourth-order valence-electron chi connectivity index (χ4n) is 5.22.